The normalized spacial score (nSPS) is 32.9. The maximum Gasteiger partial charge on any atom is 0.303 e. The van der Waals surface area contributed by atoms with E-state index in [0.29, 0.717) is 0 Å². The number of carbonyl (C=O) groups excluding carboxylic acids is 2. The number of carbonyl (C=O) groups is 2. The van der Waals surface area contributed by atoms with E-state index in [0.717, 1.165) is 0 Å². The molecule has 0 saturated carbocycles. The second-order valence-corrected chi connectivity index (χ2v) is 4.08. The van der Waals surface area contributed by atoms with E-state index in [1.165, 1.54) is 21.0 Å². The lowest BCUT2D eigenvalue weighted by atomic mass is 10.1. The summed E-state index contributed by atoms with van der Waals surface area (Å²) in [4.78, 5) is 21.9. The second kappa shape index (κ2) is 6.12. The molecule has 0 aromatic heterocycles. The van der Waals surface area contributed by atoms with Gasteiger partial charge in [-0.3, -0.25) is 9.59 Å². The Labute approximate surface area is 105 Å². The molecule has 0 spiro atoms. The number of ether oxygens (including phenoxy) is 4. The van der Waals surface area contributed by atoms with Gasteiger partial charge in [0.1, 0.15) is 18.3 Å². The van der Waals surface area contributed by atoms with Crippen molar-refractivity contribution in [2.75, 3.05) is 7.11 Å². The maximum absolute atomic E-state index is 11.0. The Morgan fingerprint density at radius 3 is 2.28 bits per heavy atom. The highest BCUT2D eigenvalue weighted by Crippen LogP contribution is 2.28. The smallest absolute Gasteiger partial charge is 0.303 e. The first-order chi connectivity index (χ1) is 8.36. The summed E-state index contributed by atoms with van der Waals surface area (Å²) in [5.41, 5.74) is 0. The molecule has 1 rings (SSSR count). The molecule has 7 heteroatoms. The zero-order valence-corrected chi connectivity index (χ0v) is 10.8. The monoisotopic (exact) mass is 262 g/mol. The van der Waals surface area contributed by atoms with Crippen LogP contribution in [-0.4, -0.2) is 54.9 Å². The Bertz CT molecular complexity index is 317. The van der Waals surface area contributed by atoms with E-state index in [4.69, 9.17) is 18.9 Å². The van der Waals surface area contributed by atoms with Gasteiger partial charge in [0, 0.05) is 21.0 Å². The van der Waals surface area contributed by atoms with Gasteiger partial charge < -0.3 is 24.1 Å². The molecule has 0 aromatic carbocycles. The molecule has 1 aliphatic rings. The van der Waals surface area contributed by atoms with Gasteiger partial charge in [-0.2, -0.15) is 0 Å². The number of methoxy groups -OCH3 is 1. The molecule has 1 aliphatic heterocycles. The van der Waals surface area contributed by atoms with E-state index in [2.05, 4.69) is 0 Å². The van der Waals surface area contributed by atoms with Crippen LogP contribution in [0.1, 0.15) is 20.8 Å². The number of rotatable bonds is 4. The Hall–Kier alpha value is -1.18. The van der Waals surface area contributed by atoms with Gasteiger partial charge in [0.2, 0.25) is 0 Å². The zero-order valence-electron chi connectivity index (χ0n) is 10.8. The fourth-order valence-electron chi connectivity index (χ4n) is 1.95. The van der Waals surface area contributed by atoms with Crippen LogP contribution >= 0.6 is 0 Å². The number of esters is 2. The van der Waals surface area contributed by atoms with Crippen molar-refractivity contribution in [2.45, 2.75) is 51.5 Å². The van der Waals surface area contributed by atoms with Crippen LogP contribution in [0.25, 0.3) is 0 Å². The average Bonchev–Trinajstić information content (AvgIpc) is 2.53. The van der Waals surface area contributed by atoms with Crippen molar-refractivity contribution in [3.8, 4) is 0 Å². The first-order valence-corrected chi connectivity index (χ1v) is 5.57. The van der Waals surface area contributed by atoms with Crippen molar-refractivity contribution in [1.29, 1.82) is 0 Å². The molecule has 1 heterocycles. The van der Waals surface area contributed by atoms with Crippen molar-refractivity contribution in [1.82, 2.24) is 0 Å². The standard InChI is InChI=1S/C11H18O7/c1-5(16-6(2)12)8-9(17-7(3)13)10(15-4)11(14)18-8/h5,8-11,14H,1-4H3/t5-,8-,9-,10-,11?/m1/s1. The predicted molar refractivity (Wildman–Crippen MR) is 58.5 cm³/mol. The van der Waals surface area contributed by atoms with Crippen molar-refractivity contribution in [3.63, 3.8) is 0 Å². The zero-order chi connectivity index (χ0) is 13.9. The fraction of sp³-hybridized carbons (Fsp3) is 0.818. The predicted octanol–water partition coefficient (Wildman–Crippen LogP) is -0.398. The summed E-state index contributed by atoms with van der Waals surface area (Å²) < 4.78 is 20.3. The van der Waals surface area contributed by atoms with Crippen molar-refractivity contribution in [3.05, 3.63) is 0 Å². The molecule has 0 bridgehead atoms. The molecular weight excluding hydrogens is 244 g/mol. The van der Waals surface area contributed by atoms with E-state index in [1.54, 1.807) is 6.92 Å². The quantitative estimate of drug-likeness (QED) is 0.689. The lowest BCUT2D eigenvalue weighted by molar-refractivity contribution is -0.171. The third-order valence-corrected chi connectivity index (χ3v) is 2.61. The third kappa shape index (κ3) is 3.41. The molecule has 104 valence electrons. The van der Waals surface area contributed by atoms with Gasteiger partial charge in [-0.25, -0.2) is 0 Å². The first kappa shape index (κ1) is 14.9. The first-order valence-electron chi connectivity index (χ1n) is 5.57. The summed E-state index contributed by atoms with van der Waals surface area (Å²) in [5, 5.41) is 9.65. The Morgan fingerprint density at radius 2 is 1.83 bits per heavy atom. The van der Waals surface area contributed by atoms with Crippen LogP contribution < -0.4 is 0 Å². The minimum Gasteiger partial charge on any atom is -0.460 e. The number of aliphatic hydroxyl groups is 1. The number of aliphatic hydroxyl groups excluding tert-OH is 1. The van der Waals surface area contributed by atoms with Gasteiger partial charge in [-0.05, 0) is 6.92 Å². The summed E-state index contributed by atoms with van der Waals surface area (Å²) in [5.74, 6) is -1.01. The Kier molecular flexibility index (Phi) is 5.06. The molecule has 0 amide bonds. The van der Waals surface area contributed by atoms with E-state index >= 15 is 0 Å². The average molecular weight is 262 g/mol. The van der Waals surface area contributed by atoms with Crippen LogP contribution in [0.15, 0.2) is 0 Å². The molecule has 0 aliphatic carbocycles. The van der Waals surface area contributed by atoms with E-state index < -0.39 is 42.6 Å². The van der Waals surface area contributed by atoms with Gasteiger partial charge in [0.15, 0.2) is 12.4 Å². The molecular formula is C11H18O7. The van der Waals surface area contributed by atoms with Crippen molar-refractivity contribution < 1.29 is 33.6 Å². The SMILES string of the molecule is CO[C@H]1C(O)O[C@H]([C@@H](C)OC(C)=O)[C@H]1OC(C)=O. The summed E-state index contributed by atoms with van der Waals surface area (Å²) in [7, 11) is 1.37. The Balaban J connectivity index is 2.80. The summed E-state index contributed by atoms with van der Waals surface area (Å²) in [6, 6.07) is 0. The summed E-state index contributed by atoms with van der Waals surface area (Å²) >= 11 is 0. The van der Waals surface area contributed by atoms with E-state index in [1.807, 2.05) is 0 Å². The topological polar surface area (TPSA) is 91.3 Å². The largest absolute Gasteiger partial charge is 0.460 e. The van der Waals surface area contributed by atoms with Gasteiger partial charge in [0.05, 0.1) is 0 Å². The van der Waals surface area contributed by atoms with E-state index in [-0.39, 0.29) is 0 Å². The molecule has 5 atom stereocenters. The van der Waals surface area contributed by atoms with Crippen molar-refractivity contribution in [2.24, 2.45) is 0 Å². The Morgan fingerprint density at radius 1 is 1.22 bits per heavy atom. The van der Waals surface area contributed by atoms with Crippen LogP contribution in [0, 0.1) is 0 Å². The molecule has 1 fully saturated rings. The lowest BCUT2D eigenvalue weighted by Gasteiger charge is -2.25. The van der Waals surface area contributed by atoms with E-state index in [9.17, 15) is 14.7 Å². The van der Waals surface area contributed by atoms with Crippen LogP contribution in [-0.2, 0) is 28.5 Å². The van der Waals surface area contributed by atoms with Crippen LogP contribution in [0.2, 0.25) is 0 Å². The molecule has 1 N–H and O–H groups in total. The van der Waals surface area contributed by atoms with Crippen LogP contribution in [0.4, 0.5) is 0 Å². The van der Waals surface area contributed by atoms with Gasteiger partial charge in [0.25, 0.3) is 0 Å². The highest BCUT2D eigenvalue weighted by Gasteiger charge is 2.49. The highest BCUT2D eigenvalue weighted by atomic mass is 16.7. The fourth-order valence-corrected chi connectivity index (χ4v) is 1.95. The third-order valence-electron chi connectivity index (χ3n) is 2.61. The van der Waals surface area contributed by atoms with Gasteiger partial charge in [-0.1, -0.05) is 0 Å². The molecule has 7 nitrogen and oxygen atoms in total. The van der Waals surface area contributed by atoms with Crippen LogP contribution in [0.3, 0.4) is 0 Å². The minimum atomic E-state index is -1.23. The highest BCUT2D eigenvalue weighted by molar-refractivity contribution is 5.67. The molecule has 18 heavy (non-hydrogen) atoms. The summed E-state index contributed by atoms with van der Waals surface area (Å²) in [6.45, 7) is 4.09. The molecule has 1 saturated heterocycles. The van der Waals surface area contributed by atoms with Crippen LogP contribution in [0.5, 0.6) is 0 Å². The van der Waals surface area contributed by atoms with Gasteiger partial charge in [-0.15, -0.1) is 0 Å². The summed E-state index contributed by atoms with van der Waals surface area (Å²) in [6.07, 6.45) is -4.30. The molecule has 1 unspecified atom stereocenters. The second-order valence-electron chi connectivity index (χ2n) is 4.08. The van der Waals surface area contributed by atoms with Crippen molar-refractivity contribution >= 4 is 11.9 Å². The molecule has 0 radical (unpaired) electrons. The number of hydrogen-bond acceptors (Lipinski definition) is 7. The van der Waals surface area contributed by atoms with Gasteiger partial charge >= 0.3 is 11.9 Å². The maximum atomic E-state index is 11.0. The lowest BCUT2D eigenvalue weighted by Crippen LogP contribution is -2.43. The molecule has 0 aromatic rings. The number of hydrogen-bond donors (Lipinski definition) is 1. The minimum absolute atomic E-state index is 0.483.